The number of halogens is 1. The van der Waals surface area contributed by atoms with Gasteiger partial charge in [0.25, 0.3) is 5.91 Å². The Morgan fingerprint density at radius 3 is 2.69 bits per heavy atom. The standard InChI is InChI=1S/C12H16BrNO2/c1-4-14-12(15)9-5-6-11(10(13)7-9)16-8(2)3/h5-8H,4H2,1-3H3,(H,14,15). The molecule has 3 nitrogen and oxygen atoms in total. The Morgan fingerprint density at radius 2 is 2.19 bits per heavy atom. The van der Waals surface area contributed by atoms with Gasteiger partial charge in [-0.1, -0.05) is 0 Å². The summed E-state index contributed by atoms with van der Waals surface area (Å²) in [6.45, 7) is 6.44. The third-order valence-corrected chi connectivity index (χ3v) is 2.51. The van der Waals surface area contributed by atoms with Crippen LogP contribution < -0.4 is 10.1 Å². The minimum absolute atomic E-state index is 0.0701. The second-order valence-corrected chi connectivity index (χ2v) is 4.53. The molecule has 0 fully saturated rings. The molecule has 0 radical (unpaired) electrons. The van der Waals surface area contributed by atoms with Crippen LogP contribution in [0.1, 0.15) is 31.1 Å². The van der Waals surface area contributed by atoms with Crippen LogP contribution in [0.5, 0.6) is 5.75 Å². The molecule has 1 aromatic rings. The Morgan fingerprint density at radius 1 is 1.50 bits per heavy atom. The summed E-state index contributed by atoms with van der Waals surface area (Å²) in [5.41, 5.74) is 0.629. The minimum Gasteiger partial charge on any atom is -0.490 e. The summed E-state index contributed by atoms with van der Waals surface area (Å²) < 4.78 is 6.36. The molecule has 1 aromatic carbocycles. The summed E-state index contributed by atoms with van der Waals surface area (Å²) in [6.07, 6.45) is 0.117. The van der Waals surface area contributed by atoms with Crippen LogP contribution in [0.2, 0.25) is 0 Å². The molecule has 1 amide bonds. The number of hydrogen-bond acceptors (Lipinski definition) is 2. The van der Waals surface area contributed by atoms with E-state index < -0.39 is 0 Å². The van der Waals surface area contributed by atoms with Crippen LogP contribution in [0.3, 0.4) is 0 Å². The number of rotatable bonds is 4. The number of carbonyl (C=O) groups is 1. The highest BCUT2D eigenvalue weighted by atomic mass is 79.9. The monoisotopic (exact) mass is 285 g/mol. The molecule has 0 atom stereocenters. The summed E-state index contributed by atoms with van der Waals surface area (Å²) in [4.78, 5) is 11.6. The second kappa shape index (κ2) is 5.89. The maximum absolute atomic E-state index is 11.6. The van der Waals surface area contributed by atoms with E-state index in [9.17, 15) is 4.79 Å². The zero-order valence-corrected chi connectivity index (χ0v) is 11.3. The molecule has 0 saturated carbocycles. The molecule has 0 aliphatic rings. The largest absolute Gasteiger partial charge is 0.490 e. The van der Waals surface area contributed by atoms with E-state index in [0.29, 0.717) is 12.1 Å². The van der Waals surface area contributed by atoms with Crippen LogP contribution in [-0.2, 0) is 0 Å². The zero-order valence-electron chi connectivity index (χ0n) is 9.71. The van der Waals surface area contributed by atoms with E-state index >= 15 is 0 Å². The first-order valence-corrected chi connectivity index (χ1v) is 6.08. The lowest BCUT2D eigenvalue weighted by Gasteiger charge is -2.12. The van der Waals surface area contributed by atoms with Gasteiger partial charge in [0.2, 0.25) is 0 Å². The Kier molecular flexibility index (Phi) is 4.80. The van der Waals surface area contributed by atoms with Gasteiger partial charge in [-0.3, -0.25) is 4.79 Å². The van der Waals surface area contributed by atoms with E-state index in [4.69, 9.17) is 4.74 Å². The maximum atomic E-state index is 11.6. The van der Waals surface area contributed by atoms with Gasteiger partial charge in [-0.05, 0) is 54.9 Å². The average molecular weight is 286 g/mol. The molecule has 4 heteroatoms. The number of ether oxygens (including phenoxy) is 1. The van der Waals surface area contributed by atoms with Crippen LogP contribution in [0.4, 0.5) is 0 Å². The maximum Gasteiger partial charge on any atom is 0.251 e. The van der Waals surface area contributed by atoms with E-state index in [-0.39, 0.29) is 12.0 Å². The smallest absolute Gasteiger partial charge is 0.251 e. The number of nitrogens with one attached hydrogen (secondary N) is 1. The molecule has 0 spiro atoms. The highest BCUT2D eigenvalue weighted by Gasteiger charge is 2.08. The van der Waals surface area contributed by atoms with Crippen molar-refractivity contribution < 1.29 is 9.53 Å². The van der Waals surface area contributed by atoms with E-state index in [1.54, 1.807) is 18.2 Å². The molecule has 1 N–H and O–H groups in total. The lowest BCUT2D eigenvalue weighted by atomic mass is 10.2. The van der Waals surface area contributed by atoms with E-state index in [2.05, 4.69) is 21.2 Å². The van der Waals surface area contributed by atoms with Gasteiger partial charge in [-0.2, -0.15) is 0 Å². The fraction of sp³-hybridized carbons (Fsp3) is 0.417. The van der Waals surface area contributed by atoms with Gasteiger partial charge in [-0.25, -0.2) is 0 Å². The Labute approximate surface area is 104 Å². The van der Waals surface area contributed by atoms with Crippen LogP contribution in [-0.4, -0.2) is 18.6 Å². The van der Waals surface area contributed by atoms with E-state index in [0.717, 1.165) is 10.2 Å². The van der Waals surface area contributed by atoms with Crippen molar-refractivity contribution in [3.05, 3.63) is 28.2 Å². The van der Waals surface area contributed by atoms with Crippen LogP contribution in [0.15, 0.2) is 22.7 Å². The summed E-state index contributed by atoms with van der Waals surface area (Å²) in [5, 5.41) is 2.75. The molecule has 0 aromatic heterocycles. The molecule has 0 aliphatic heterocycles. The number of carbonyl (C=O) groups excluding carboxylic acids is 1. The first-order valence-electron chi connectivity index (χ1n) is 5.29. The molecule has 0 aliphatic carbocycles. The summed E-state index contributed by atoms with van der Waals surface area (Å²) in [7, 11) is 0. The highest BCUT2D eigenvalue weighted by Crippen LogP contribution is 2.26. The number of benzene rings is 1. The van der Waals surface area contributed by atoms with E-state index in [1.165, 1.54) is 0 Å². The predicted molar refractivity (Wildman–Crippen MR) is 67.9 cm³/mol. The fourth-order valence-corrected chi connectivity index (χ4v) is 1.73. The number of amides is 1. The van der Waals surface area contributed by atoms with Crippen molar-refractivity contribution in [2.45, 2.75) is 26.9 Å². The van der Waals surface area contributed by atoms with E-state index in [1.807, 2.05) is 20.8 Å². The molecule has 0 saturated heterocycles. The minimum atomic E-state index is -0.0701. The van der Waals surface area contributed by atoms with Gasteiger partial charge in [0.15, 0.2) is 0 Å². The van der Waals surface area contributed by atoms with Crippen molar-refractivity contribution in [3.63, 3.8) is 0 Å². The predicted octanol–water partition coefficient (Wildman–Crippen LogP) is 2.99. The van der Waals surface area contributed by atoms with Gasteiger partial charge in [0, 0.05) is 12.1 Å². The topological polar surface area (TPSA) is 38.3 Å². The average Bonchev–Trinajstić information content (AvgIpc) is 2.20. The molecular formula is C12H16BrNO2. The third kappa shape index (κ3) is 3.52. The van der Waals surface area contributed by atoms with Crippen LogP contribution in [0.25, 0.3) is 0 Å². The van der Waals surface area contributed by atoms with Crippen molar-refractivity contribution in [1.29, 1.82) is 0 Å². The summed E-state index contributed by atoms with van der Waals surface area (Å²) in [5.74, 6) is 0.683. The highest BCUT2D eigenvalue weighted by molar-refractivity contribution is 9.10. The Balaban J connectivity index is 2.86. The molecule has 0 bridgehead atoms. The van der Waals surface area contributed by atoms with Crippen molar-refractivity contribution in [1.82, 2.24) is 5.32 Å². The van der Waals surface area contributed by atoms with Crippen molar-refractivity contribution in [2.75, 3.05) is 6.54 Å². The molecule has 88 valence electrons. The van der Waals surface area contributed by atoms with Gasteiger partial charge < -0.3 is 10.1 Å². The first-order chi connectivity index (χ1) is 7.54. The summed E-state index contributed by atoms with van der Waals surface area (Å²) in [6, 6.07) is 5.32. The zero-order chi connectivity index (χ0) is 12.1. The van der Waals surface area contributed by atoms with Crippen molar-refractivity contribution >= 4 is 21.8 Å². The molecular weight excluding hydrogens is 270 g/mol. The van der Waals surface area contributed by atoms with Gasteiger partial charge >= 0.3 is 0 Å². The Hall–Kier alpha value is -1.03. The van der Waals surface area contributed by atoms with Gasteiger partial charge in [0.1, 0.15) is 5.75 Å². The fourth-order valence-electron chi connectivity index (χ4n) is 1.25. The third-order valence-electron chi connectivity index (χ3n) is 1.89. The summed E-state index contributed by atoms with van der Waals surface area (Å²) >= 11 is 3.39. The lowest BCUT2D eigenvalue weighted by molar-refractivity contribution is 0.0955. The SMILES string of the molecule is CCNC(=O)c1ccc(OC(C)C)c(Br)c1. The quantitative estimate of drug-likeness (QED) is 0.924. The molecule has 16 heavy (non-hydrogen) atoms. The normalized spacial score (nSPS) is 10.3. The molecule has 0 heterocycles. The van der Waals surface area contributed by atoms with Crippen molar-refractivity contribution in [3.8, 4) is 5.75 Å². The number of hydrogen-bond donors (Lipinski definition) is 1. The lowest BCUT2D eigenvalue weighted by Crippen LogP contribution is -2.22. The first kappa shape index (κ1) is 13.0. The van der Waals surface area contributed by atoms with Crippen LogP contribution in [0, 0.1) is 0 Å². The molecule has 1 rings (SSSR count). The Bertz CT molecular complexity index is 377. The molecule has 0 unspecified atom stereocenters. The second-order valence-electron chi connectivity index (χ2n) is 3.67. The van der Waals surface area contributed by atoms with Gasteiger partial charge in [0.05, 0.1) is 10.6 Å². The van der Waals surface area contributed by atoms with Gasteiger partial charge in [-0.15, -0.1) is 0 Å². The van der Waals surface area contributed by atoms with Crippen LogP contribution >= 0.6 is 15.9 Å². The van der Waals surface area contributed by atoms with Crippen molar-refractivity contribution in [2.24, 2.45) is 0 Å².